The molecule has 0 heterocycles. The number of aliphatic carboxylic acids is 1. The van der Waals surface area contributed by atoms with E-state index in [0.717, 1.165) is 0 Å². The topological polar surface area (TPSA) is 85.2 Å². The van der Waals surface area contributed by atoms with Gasteiger partial charge in [-0.25, -0.2) is 0 Å². The molecule has 0 aliphatic carbocycles. The molecule has 0 saturated carbocycles. The van der Waals surface area contributed by atoms with Gasteiger partial charge in [0.25, 0.3) is 0 Å². The molecule has 2 N–H and O–H groups in total. The van der Waals surface area contributed by atoms with E-state index in [9.17, 15) is 4.79 Å². The third-order valence-corrected chi connectivity index (χ3v) is 1.44. The second-order valence-electron chi connectivity index (χ2n) is 2.70. The summed E-state index contributed by atoms with van der Waals surface area (Å²) in [5.41, 5.74) is 0. The van der Waals surface area contributed by atoms with Crippen LogP contribution in [0.15, 0.2) is 0 Å². The minimum Gasteiger partial charge on any atom is -0.481 e. The molecule has 0 saturated heterocycles. The molecule has 0 aromatic rings. The molecule has 0 unspecified atom stereocenters. The minimum absolute atomic E-state index is 0.0122. The largest absolute Gasteiger partial charge is 0.481 e. The number of rotatable bonds is 11. The van der Waals surface area contributed by atoms with Crippen LogP contribution in [0.4, 0.5) is 0 Å². The number of carboxylic acid groups (broad SMARTS) is 1. The summed E-state index contributed by atoms with van der Waals surface area (Å²) < 4.78 is 15.0. The molecule has 0 radical (unpaired) electrons. The highest BCUT2D eigenvalue weighted by Crippen LogP contribution is 1.84. The fourth-order valence-corrected chi connectivity index (χ4v) is 0.766. The fraction of sp³-hybridized carbons (Fsp3) is 0.889. The Hall–Kier alpha value is -0.690. The van der Waals surface area contributed by atoms with Gasteiger partial charge >= 0.3 is 5.97 Å². The normalized spacial score (nSPS) is 10.5. The lowest BCUT2D eigenvalue weighted by Crippen LogP contribution is -2.12. The first-order chi connectivity index (χ1) is 7.27. The van der Waals surface area contributed by atoms with Crippen LogP contribution in [0.25, 0.3) is 0 Å². The lowest BCUT2D eigenvalue weighted by molar-refractivity contribution is -0.138. The van der Waals surface area contributed by atoms with Crippen LogP contribution >= 0.6 is 0 Å². The number of aliphatic hydroxyl groups excluding tert-OH is 1. The monoisotopic (exact) mass is 222 g/mol. The molecule has 0 aromatic carbocycles. The van der Waals surface area contributed by atoms with Crippen LogP contribution in [0.5, 0.6) is 0 Å². The number of ether oxygens (including phenoxy) is 3. The fourth-order valence-electron chi connectivity index (χ4n) is 0.766. The van der Waals surface area contributed by atoms with E-state index >= 15 is 0 Å². The molecule has 0 aliphatic rings. The molecule has 0 aromatic heterocycles. The van der Waals surface area contributed by atoms with Crippen LogP contribution in [0, 0.1) is 0 Å². The maximum absolute atomic E-state index is 10.1. The van der Waals surface area contributed by atoms with E-state index in [1.807, 2.05) is 0 Å². The molecule has 0 aliphatic heterocycles. The SMILES string of the molecule is O=C(O)CCOCCOCCOCCO. The maximum Gasteiger partial charge on any atom is 0.305 e. The standard InChI is InChI=1S/C9H18O6/c10-2-4-14-6-8-15-7-5-13-3-1-9(11)12/h10H,1-8H2,(H,11,12). The summed E-state index contributed by atoms with van der Waals surface area (Å²) >= 11 is 0. The van der Waals surface area contributed by atoms with Crippen molar-refractivity contribution in [1.29, 1.82) is 0 Å². The summed E-state index contributed by atoms with van der Waals surface area (Å²) in [7, 11) is 0. The average Bonchev–Trinajstić information content (AvgIpc) is 2.20. The quantitative estimate of drug-likeness (QED) is 0.458. The highest BCUT2D eigenvalue weighted by Gasteiger charge is 1.95. The summed E-state index contributed by atoms with van der Waals surface area (Å²) in [5.74, 6) is -0.867. The maximum atomic E-state index is 10.1. The molecule has 0 amide bonds. The first kappa shape index (κ1) is 14.3. The van der Waals surface area contributed by atoms with Crippen molar-refractivity contribution in [2.24, 2.45) is 0 Å². The third kappa shape index (κ3) is 13.3. The van der Waals surface area contributed by atoms with Crippen LogP contribution < -0.4 is 0 Å². The lowest BCUT2D eigenvalue weighted by Gasteiger charge is -2.05. The Kier molecular flexibility index (Phi) is 10.9. The van der Waals surface area contributed by atoms with Gasteiger partial charge in [-0.15, -0.1) is 0 Å². The molecule has 6 nitrogen and oxygen atoms in total. The van der Waals surface area contributed by atoms with Crippen LogP contribution in [-0.2, 0) is 19.0 Å². The van der Waals surface area contributed by atoms with E-state index in [4.69, 9.17) is 24.4 Å². The van der Waals surface area contributed by atoms with Crippen molar-refractivity contribution in [2.75, 3.05) is 46.2 Å². The van der Waals surface area contributed by atoms with Gasteiger partial charge in [-0.1, -0.05) is 0 Å². The summed E-state index contributed by atoms with van der Waals surface area (Å²) in [4.78, 5) is 10.1. The highest BCUT2D eigenvalue weighted by molar-refractivity contribution is 5.66. The molecule has 90 valence electrons. The van der Waals surface area contributed by atoms with Gasteiger partial charge in [0.1, 0.15) is 0 Å². The first-order valence-corrected chi connectivity index (χ1v) is 4.83. The van der Waals surface area contributed by atoms with E-state index < -0.39 is 5.97 Å². The molecule has 0 spiro atoms. The Labute approximate surface area is 88.7 Å². The third-order valence-electron chi connectivity index (χ3n) is 1.44. The van der Waals surface area contributed by atoms with E-state index in [1.165, 1.54) is 0 Å². The Morgan fingerprint density at radius 2 is 1.33 bits per heavy atom. The second kappa shape index (κ2) is 11.4. The van der Waals surface area contributed by atoms with Gasteiger partial charge < -0.3 is 24.4 Å². The predicted octanol–water partition coefficient (Wildman–Crippen LogP) is -0.497. The van der Waals surface area contributed by atoms with E-state index in [2.05, 4.69) is 0 Å². The summed E-state index contributed by atoms with van der Waals surface area (Å²) in [6, 6.07) is 0. The Bertz CT molecular complexity index is 150. The van der Waals surface area contributed by atoms with Crippen LogP contribution in [0.2, 0.25) is 0 Å². The molecule has 6 heteroatoms. The van der Waals surface area contributed by atoms with Crippen LogP contribution in [0.3, 0.4) is 0 Å². The van der Waals surface area contributed by atoms with Crippen LogP contribution in [0.1, 0.15) is 6.42 Å². The van der Waals surface area contributed by atoms with Gasteiger partial charge in [-0.2, -0.15) is 0 Å². The van der Waals surface area contributed by atoms with Crippen LogP contribution in [-0.4, -0.2) is 62.4 Å². The van der Waals surface area contributed by atoms with Gasteiger partial charge in [0, 0.05) is 0 Å². The van der Waals surface area contributed by atoms with Crippen molar-refractivity contribution in [3.8, 4) is 0 Å². The lowest BCUT2D eigenvalue weighted by atomic mass is 10.5. The summed E-state index contributed by atoms with van der Waals surface area (Å²) in [5, 5.41) is 16.7. The molecule has 15 heavy (non-hydrogen) atoms. The van der Waals surface area contributed by atoms with Gasteiger partial charge in [0.05, 0.1) is 52.7 Å². The van der Waals surface area contributed by atoms with Gasteiger partial charge in [0.2, 0.25) is 0 Å². The minimum atomic E-state index is -0.867. The molecular formula is C9H18O6. The molecule has 0 fully saturated rings. The number of carbonyl (C=O) groups is 1. The predicted molar refractivity (Wildman–Crippen MR) is 51.8 cm³/mol. The van der Waals surface area contributed by atoms with Gasteiger partial charge in [-0.05, 0) is 0 Å². The zero-order chi connectivity index (χ0) is 11.4. The Morgan fingerprint density at radius 3 is 1.80 bits per heavy atom. The number of hydrogen-bond acceptors (Lipinski definition) is 5. The number of hydrogen-bond donors (Lipinski definition) is 2. The summed E-state index contributed by atoms with van der Waals surface area (Å²) in [6.07, 6.45) is 0.0135. The van der Waals surface area contributed by atoms with Crippen molar-refractivity contribution < 1.29 is 29.2 Å². The van der Waals surface area contributed by atoms with Crippen molar-refractivity contribution in [3.05, 3.63) is 0 Å². The molecule has 0 rings (SSSR count). The zero-order valence-corrected chi connectivity index (χ0v) is 8.68. The van der Waals surface area contributed by atoms with Crippen molar-refractivity contribution in [3.63, 3.8) is 0 Å². The number of aliphatic hydroxyl groups is 1. The second-order valence-corrected chi connectivity index (χ2v) is 2.70. The van der Waals surface area contributed by atoms with Crippen molar-refractivity contribution in [2.45, 2.75) is 6.42 Å². The molecule has 0 atom stereocenters. The first-order valence-electron chi connectivity index (χ1n) is 4.83. The van der Waals surface area contributed by atoms with E-state index in [1.54, 1.807) is 0 Å². The summed E-state index contributed by atoms with van der Waals surface area (Å²) in [6.45, 7) is 2.23. The number of carboxylic acids is 1. The average molecular weight is 222 g/mol. The van der Waals surface area contributed by atoms with E-state index in [-0.39, 0.29) is 19.6 Å². The van der Waals surface area contributed by atoms with Gasteiger partial charge in [0.15, 0.2) is 0 Å². The molecule has 0 bridgehead atoms. The van der Waals surface area contributed by atoms with E-state index in [0.29, 0.717) is 33.0 Å². The highest BCUT2D eigenvalue weighted by atomic mass is 16.5. The smallest absolute Gasteiger partial charge is 0.305 e. The van der Waals surface area contributed by atoms with Crippen molar-refractivity contribution >= 4 is 5.97 Å². The van der Waals surface area contributed by atoms with Gasteiger partial charge in [-0.3, -0.25) is 4.79 Å². The molecular weight excluding hydrogens is 204 g/mol. The van der Waals surface area contributed by atoms with Crippen molar-refractivity contribution in [1.82, 2.24) is 0 Å². The Morgan fingerprint density at radius 1 is 0.867 bits per heavy atom. The Balaban J connectivity index is 2.89. The zero-order valence-electron chi connectivity index (χ0n) is 8.68.